The van der Waals surface area contributed by atoms with Crippen molar-refractivity contribution in [2.45, 2.75) is 45.6 Å². The largest absolute Gasteiger partial charge is 0.495 e. The van der Waals surface area contributed by atoms with Crippen LogP contribution < -0.4 is 10.1 Å². The zero-order valence-electron chi connectivity index (χ0n) is 18.2. The summed E-state index contributed by atoms with van der Waals surface area (Å²) in [6, 6.07) is 6.38. The topological polar surface area (TPSA) is 88.8 Å². The van der Waals surface area contributed by atoms with Crippen molar-refractivity contribution in [3.63, 3.8) is 0 Å². The third-order valence-corrected chi connectivity index (χ3v) is 7.32. The molecule has 1 saturated heterocycles. The Morgan fingerprint density at radius 3 is 2.43 bits per heavy atom. The van der Waals surface area contributed by atoms with Crippen LogP contribution in [0.2, 0.25) is 0 Å². The number of sulfonamides is 1. The summed E-state index contributed by atoms with van der Waals surface area (Å²) in [5.41, 5.74) is 1.16. The molecule has 2 heterocycles. The van der Waals surface area contributed by atoms with E-state index in [1.165, 1.54) is 23.5 Å². The van der Waals surface area contributed by atoms with E-state index in [0.29, 0.717) is 19.6 Å². The number of ether oxygens (including phenoxy) is 1. The number of piperidine rings is 1. The summed E-state index contributed by atoms with van der Waals surface area (Å²) < 4.78 is 39.0. The Kier molecular flexibility index (Phi) is 6.57. The van der Waals surface area contributed by atoms with Gasteiger partial charge in [0.15, 0.2) is 0 Å². The van der Waals surface area contributed by atoms with Crippen molar-refractivity contribution in [2.75, 3.05) is 20.2 Å². The minimum atomic E-state index is -3.78. The fourth-order valence-electron chi connectivity index (χ4n) is 4.10. The minimum Gasteiger partial charge on any atom is -0.495 e. The van der Waals surface area contributed by atoms with Gasteiger partial charge in [0.25, 0.3) is 5.91 Å². The molecule has 2 atom stereocenters. The van der Waals surface area contributed by atoms with Crippen LogP contribution in [0.3, 0.4) is 0 Å². The summed E-state index contributed by atoms with van der Waals surface area (Å²) in [6.07, 6.45) is 0.999. The maximum absolute atomic E-state index is 13.4. The lowest BCUT2D eigenvalue weighted by Gasteiger charge is -2.34. The maximum Gasteiger partial charge on any atom is 0.251 e. The van der Waals surface area contributed by atoms with Gasteiger partial charge in [-0.05, 0) is 56.4 Å². The predicted molar refractivity (Wildman–Crippen MR) is 114 cm³/mol. The number of furan rings is 1. The number of hydrogen-bond acceptors (Lipinski definition) is 5. The molecule has 0 saturated carbocycles. The van der Waals surface area contributed by atoms with E-state index < -0.39 is 10.0 Å². The van der Waals surface area contributed by atoms with Gasteiger partial charge in [-0.1, -0.05) is 13.8 Å². The van der Waals surface area contributed by atoms with Crippen molar-refractivity contribution in [3.8, 4) is 5.75 Å². The van der Waals surface area contributed by atoms with E-state index in [2.05, 4.69) is 19.2 Å². The van der Waals surface area contributed by atoms with Crippen LogP contribution in [0.1, 0.15) is 47.7 Å². The van der Waals surface area contributed by atoms with Crippen molar-refractivity contribution < 1.29 is 22.4 Å². The van der Waals surface area contributed by atoms with Gasteiger partial charge in [-0.2, -0.15) is 4.31 Å². The predicted octanol–water partition coefficient (Wildman–Crippen LogP) is 3.50. The van der Waals surface area contributed by atoms with Crippen molar-refractivity contribution in [1.29, 1.82) is 0 Å². The van der Waals surface area contributed by atoms with Gasteiger partial charge in [-0.3, -0.25) is 4.79 Å². The van der Waals surface area contributed by atoms with Crippen LogP contribution in [-0.2, 0) is 16.6 Å². The normalized spacial score (nSPS) is 20.2. The number of hydrogen-bond donors (Lipinski definition) is 1. The van der Waals surface area contributed by atoms with Gasteiger partial charge in [0.05, 0.1) is 7.11 Å². The van der Waals surface area contributed by atoms with Crippen molar-refractivity contribution >= 4 is 15.9 Å². The van der Waals surface area contributed by atoms with Gasteiger partial charge in [0.1, 0.15) is 22.2 Å². The lowest BCUT2D eigenvalue weighted by molar-refractivity contribution is 0.0950. The molecule has 1 aromatic heterocycles. The van der Waals surface area contributed by atoms with Crippen molar-refractivity contribution in [3.05, 3.63) is 46.9 Å². The Morgan fingerprint density at radius 1 is 1.20 bits per heavy atom. The van der Waals surface area contributed by atoms with Gasteiger partial charge in [0.2, 0.25) is 10.0 Å². The first-order valence-corrected chi connectivity index (χ1v) is 11.6. The molecular formula is C22H30N2O5S. The SMILES string of the molecule is COc1ccc(C(=O)NCc2cc(C)oc2C)cc1S(=O)(=O)N1CC(C)CC(C)C1. The number of benzene rings is 1. The molecule has 8 heteroatoms. The molecule has 2 unspecified atom stereocenters. The molecule has 0 aliphatic carbocycles. The standard InChI is InChI=1S/C22H30N2O5S/c1-14-8-15(2)13-24(12-14)30(26,27)21-10-18(6-7-20(21)28-5)22(25)23-11-19-9-16(3)29-17(19)4/h6-7,9-10,14-15H,8,11-13H2,1-5H3,(H,23,25). The van der Waals surface area contributed by atoms with E-state index in [1.54, 1.807) is 6.07 Å². The molecule has 0 spiro atoms. The lowest BCUT2D eigenvalue weighted by Crippen LogP contribution is -2.42. The zero-order valence-corrected chi connectivity index (χ0v) is 19.0. The Morgan fingerprint density at radius 2 is 1.87 bits per heavy atom. The Labute approximate surface area is 178 Å². The second-order valence-corrected chi connectivity index (χ2v) is 10.2. The lowest BCUT2D eigenvalue weighted by atomic mass is 9.94. The summed E-state index contributed by atoms with van der Waals surface area (Å²) >= 11 is 0. The van der Waals surface area contributed by atoms with E-state index in [1.807, 2.05) is 19.9 Å². The fourth-order valence-corrected chi connectivity index (χ4v) is 5.96. The summed E-state index contributed by atoms with van der Waals surface area (Å²) in [6.45, 7) is 9.03. The van der Waals surface area contributed by atoms with E-state index in [4.69, 9.17) is 9.15 Å². The molecule has 1 aliphatic heterocycles. The summed E-state index contributed by atoms with van der Waals surface area (Å²) in [7, 11) is -2.35. The Hall–Kier alpha value is -2.32. The number of nitrogens with zero attached hydrogens (tertiary/aromatic N) is 1. The third-order valence-electron chi connectivity index (χ3n) is 5.46. The van der Waals surface area contributed by atoms with Gasteiger partial charge < -0.3 is 14.5 Å². The van der Waals surface area contributed by atoms with Crippen LogP contribution in [0.25, 0.3) is 0 Å². The molecule has 30 heavy (non-hydrogen) atoms. The highest BCUT2D eigenvalue weighted by Crippen LogP contribution is 2.32. The molecule has 1 aliphatic rings. The number of carbonyl (C=O) groups excluding carboxylic acids is 1. The van der Waals surface area contributed by atoms with Crippen LogP contribution in [0, 0.1) is 25.7 Å². The number of aryl methyl sites for hydroxylation is 2. The highest BCUT2D eigenvalue weighted by Gasteiger charge is 2.34. The number of amides is 1. The quantitative estimate of drug-likeness (QED) is 0.752. The minimum absolute atomic E-state index is 0.0225. The molecular weight excluding hydrogens is 404 g/mol. The number of nitrogens with one attached hydrogen (secondary N) is 1. The highest BCUT2D eigenvalue weighted by molar-refractivity contribution is 7.89. The highest BCUT2D eigenvalue weighted by atomic mass is 32.2. The van der Waals surface area contributed by atoms with E-state index in [-0.39, 0.29) is 34.0 Å². The average Bonchev–Trinajstić information content (AvgIpc) is 3.01. The molecule has 3 rings (SSSR count). The van der Waals surface area contributed by atoms with Crippen molar-refractivity contribution in [2.24, 2.45) is 11.8 Å². The third kappa shape index (κ3) is 4.70. The van der Waals surface area contributed by atoms with E-state index >= 15 is 0 Å². The summed E-state index contributed by atoms with van der Waals surface area (Å²) in [5.74, 6) is 1.97. The number of carbonyl (C=O) groups is 1. The average molecular weight is 435 g/mol. The molecule has 1 fully saturated rings. The van der Waals surface area contributed by atoms with Crippen LogP contribution >= 0.6 is 0 Å². The van der Waals surface area contributed by atoms with Gasteiger partial charge in [-0.15, -0.1) is 0 Å². The van der Waals surface area contributed by atoms with Crippen LogP contribution in [0.15, 0.2) is 33.6 Å². The van der Waals surface area contributed by atoms with E-state index in [0.717, 1.165) is 23.5 Å². The smallest absolute Gasteiger partial charge is 0.251 e. The first-order valence-electron chi connectivity index (χ1n) is 10.1. The van der Waals surface area contributed by atoms with E-state index in [9.17, 15) is 13.2 Å². The van der Waals surface area contributed by atoms with Crippen LogP contribution in [0.4, 0.5) is 0 Å². The molecule has 1 amide bonds. The molecule has 2 aromatic rings. The van der Waals surface area contributed by atoms with Crippen LogP contribution in [0.5, 0.6) is 5.75 Å². The molecule has 1 aromatic carbocycles. The number of rotatable bonds is 6. The number of methoxy groups -OCH3 is 1. The maximum atomic E-state index is 13.4. The monoisotopic (exact) mass is 434 g/mol. The molecule has 0 radical (unpaired) electrons. The second kappa shape index (κ2) is 8.81. The summed E-state index contributed by atoms with van der Waals surface area (Å²) in [5, 5.41) is 2.83. The molecule has 1 N–H and O–H groups in total. The first-order chi connectivity index (χ1) is 14.1. The zero-order chi connectivity index (χ0) is 22.1. The first kappa shape index (κ1) is 22.4. The van der Waals surface area contributed by atoms with Crippen molar-refractivity contribution in [1.82, 2.24) is 9.62 Å². The Balaban J connectivity index is 1.85. The summed E-state index contributed by atoms with van der Waals surface area (Å²) in [4.78, 5) is 12.7. The van der Waals surface area contributed by atoms with Crippen LogP contribution in [-0.4, -0.2) is 38.8 Å². The van der Waals surface area contributed by atoms with Gasteiger partial charge in [0, 0.05) is 30.8 Å². The Bertz CT molecular complexity index is 1020. The molecule has 0 bridgehead atoms. The molecule has 164 valence electrons. The molecule has 7 nitrogen and oxygen atoms in total. The van der Waals surface area contributed by atoms with Gasteiger partial charge >= 0.3 is 0 Å². The fraction of sp³-hybridized carbons (Fsp3) is 0.500. The van der Waals surface area contributed by atoms with Gasteiger partial charge in [-0.25, -0.2) is 8.42 Å². The second-order valence-electron chi connectivity index (χ2n) is 8.25.